The molecule has 9 nitrogen and oxygen atoms in total. The van der Waals surface area contributed by atoms with Crippen molar-refractivity contribution < 1.29 is 23.9 Å². The van der Waals surface area contributed by atoms with Crippen molar-refractivity contribution in [3.8, 4) is 0 Å². The Morgan fingerprint density at radius 1 is 1.18 bits per heavy atom. The lowest BCUT2D eigenvalue weighted by Crippen LogP contribution is -2.39. The Labute approximate surface area is 231 Å². The zero-order valence-electron chi connectivity index (χ0n) is 22.0. The first-order valence-electron chi connectivity index (χ1n) is 13.0. The van der Waals surface area contributed by atoms with Gasteiger partial charge in [-0.2, -0.15) is 0 Å². The van der Waals surface area contributed by atoms with E-state index in [1.165, 1.54) is 0 Å². The first-order chi connectivity index (χ1) is 18.8. The van der Waals surface area contributed by atoms with Gasteiger partial charge < -0.3 is 9.47 Å². The van der Waals surface area contributed by atoms with Gasteiger partial charge >= 0.3 is 6.09 Å². The molecule has 0 bridgehead atoms. The number of nitrogens with one attached hydrogen (secondary N) is 2. The Hall–Kier alpha value is -3.53. The number of amides is 3. The number of carbonyl (C=O) groups excluding carboxylic acids is 3. The first-order valence-corrected chi connectivity index (χ1v) is 13.4. The molecule has 2 aliphatic heterocycles. The van der Waals surface area contributed by atoms with Crippen LogP contribution in [-0.4, -0.2) is 54.1 Å². The number of hydrogen-bond donors (Lipinski definition) is 2. The molecule has 2 N–H and O–H groups in total. The van der Waals surface area contributed by atoms with Crippen LogP contribution >= 0.6 is 11.6 Å². The third-order valence-electron chi connectivity index (χ3n) is 7.29. The monoisotopic (exact) mass is 550 g/mol. The number of piperidine rings is 1. The molecule has 3 heterocycles. The number of aryl methyl sites for hydroxylation is 1. The summed E-state index contributed by atoms with van der Waals surface area (Å²) < 4.78 is 10.9. The molecule has 2 fully saturated rings. The number of fused-ring (bicyclic) bond motifs is 1. The van der Waals surface area contributed by atoms with Crippen LogP contribution in [0, 0.1) is 13.8 Å². The largest absolute Gasteiger partial charge is 0.444 e. The van der Waals surface area contributed by atoms with E-state index in [0.717, 1.165) is 58.5 Å². The van der Waals surface area contributed by atoms with Crippen LogP contribution in [0.4, 0.5) is 10.5 Å². The quantitative estimate of drug-likeness (QED) is 0.431. The number of imide groups is 1. The number of benzene rings is 2. The molecule has 0 radical (unpaired) electrons. The highest BCUT2D eigenvalue weighted by molar-refractivity contribution is 6.31. The van der Waals surface area contributed by atoms with Gasteiger partial charge in [-0.25, -0.2) is 4.79 Å². The topological polar surface area (TPSA) is 110 Å². The summed E-state index contributed by atoms with van der Waals surface area (Å²) in [5.41, 5.74) is 5.69. The predicted molar refractivity (Wildman–Crippen MR) is 148 cm³/mol. The Kier molecular flexibility index (Phi) is 8.11. The predicted octanol–water partition coefficient (Wildman–Crippen LogP) is 4.61. The van der Waals surface area contributed by atoms with E-state index in [1.54, 1.807) is 6.07 Å². The third kappa shape index (κ3) is 6.38. The number of halogens is 1. The molecule has 0 spiro atoms. The first kappa shape index (κ1) is 27.1. The Balaban J connectivity index is 1.23. The van der Waals surface area contributed by atoms with Gasteiger partial charge in [0, 0.05) is 47.8 Å². The second-order valence-corrected chi connectivity index (χ2v) is 10.4. The van der Waals surface area contributed by atoms with Gasteiger partial charge in [0.15, 0.2) is 0 Å². The van der Waals surface area contributed by atoms with Crippen molar-refractivity contribution in [1.82, 2.24) is 15.2 Å². The molecule has 0 saturated carbocycles. The van der Waals surface area contributed by atoms with Crippen LogP contribution < -0.4 is 10.6 Å². The molecule has 2 aromatic carbocycles. The minimum absolute atomic E-state index is 0.0671. The zero-order chi connectivity index (χ0) is 27.5. The van der Waals surface area contributed by atoms with Crippen LogP contribution in [0.5, 0.6) is 0 Å². The number of anilines is 1. The number of pyridine rings is 1. The minimum Gasteiger partial charge on any atom is -0.444 e. The lowest BCUT2D eigenvalue weighted by Gasteiger charge is -2.27. The van der Waals surface area contributed by atoms with Crippen molar-refractivity contribution in [2.45, 2.75) is 45.8 Å². The van der Waals surface area contributed by atoms with E-state index in [0.29, 0.717) is 36.8 Å². The maximum atomic E-state index is 12.6. The summed E-state index contributed by atoms with van der Waals surface area (Å²) in [6.45, 7) is 7.76. The van der Waals surface area contributed by atoms with Gasteiger partial charge in [-0.15, -0.1) is 0 Å². The number of ether oxygens (including phenoxy) is 2. The van der Waals surface area contributed by atoms with Crippen molar-refractivity contribution in [2.75, 3.05) is 31.6 Å². The standard InChI is InChI=1S/C29H31ClN4O5/c1-17-21(15-34-7-9-38-10-8-34)12-22(14-25(17)30)32-29(37)39-16-19-3-4-20-13-24(18(2)31-26(20)11-19)23-5-6-27(35)33-28(23)36/h3-4,11-14,23H,5-10,15-16H2,1-2H3,(H,32,37)(H,33,35,36). The van der Waals surface area contributed by atoms with Crippen LogP contribution in [0.1, 0.15) is 46.7 Å². The fourth-order valence-corrected chi connectivity index (χ4v) is 5.27. The SMILES string of the molecule is Cc1nc2cc(COC(=O)Nc3cc(Cl)c(C)c(CN4CCOCC4)c3)ccc2cc1C1CCC(=O)NC1=O. The number of carbonyl (C=O) groups is 3. The summed E-state index contributed by atoms with van der Waals surface area (Å²) in [5, 5.41) is 6.66. The fraction of sp³-hybridized carbons (Fsp3) is 0.379. The summed E-state index contributed by atoms with van der Waals surface area (Å²) in [6.07, 6.45) is 0.210. The summed E-state index contributed by atoms with van der Waals surface area (Å²) in [7, 11) is 0. The van der Waals surface area contributed by atoms with E-state index in [-0.39, 0.29) is 18.4 Å². The van der Waals surface area contributed by atoms with E-state index >= 15 is 0 Å². The smallest absolute Gasteiger partial charge is 0.411 e. The molecule has 0 aliphatic carbocycles. The summed E-state index contributed by atoms with van der Waals surface area (Å²) in [5.74, 6) is -0.916. The molecule has 3 aromatic rings. The molecule has 2 aliphatic rings. The summed E-state index contributed by atoms with van der Waals surface area (Å²) in [6, 6.07) is 11.2. The highest BCUT2D eigenvalue weighted by atomic mass is 35.5. The van der Waals surface area contributed by atoms with Gasteiger partial charge in [0.05, 0.1) is 24.6 Å². The normalized spacial score (nSPS) is 18.2. The number of nitrogens with zero attached hydrogens (tertiary/aromatic N) is 2. The molecule has 10 heteroatoms. The number of hydrogen-bond acceptors (Lipinski definition) is 7. The molecule has 1 atom stereocenters. The van der Waals surface area contributed by atoms with Gasteiger partial charge in [0.25, 0.3) is 0 Å². The molecule has 3 amide bonds. The third-order valence-corrected chi connectivity index (χ3v) is 7.68. The van der Waals surface area contributed by atoms with E-state index in [9.17, 15) is 14.4 Å². The molecular weight excluding hydrogens is 520 g/mol. The Morgan fingerprint density at radius 3 is 2.74 bits per heavy atom. The number of aromatic nitrogens is 1. The van der Waals surface area contributed by atoms with Gasteiger partial charge in [-0.05, 0) is 66.8 Å². The maximum absolute atomic E-state index is 12.6. The summed E-state index contributed by atoms with van der Waals surface area (Å²) >= 11 is 6.46. The number of rotatable bonds is 6. The molecule has 1 unspecified atom stereocenters. The van der Waals surface area contributed by atoms with Crippen molar-refractivity contribution in [3.63, 3.8) is 0 Å². The van der Waals surface area contributed by atoms with Crippen molar-refractivity contribution >= 4 is 46.1 Å². The lowest BCUT2D eigenvalue weighted by atomic mass is 9.89. The van der Waals surface area contributed by atoms with E-state index in [4.69, 9.17) is 21.1 Å². The van der Waals surface area contributed by atoms with Crippen molar-refractivity contribution in [3.05, 3.63) is 69.4 Å². The van der Waals surface area contributed by atoms with Crippen LogP contribution in [0.15, 0.2) is 36.4 Å². The molecule has 2 saturated heterocycles. The maximum Gasteiger partial charge on any atom is 0.411 e. The second-order valence-electron chi connectivity index (χ2n) is 10.0. The van der Waals surface area contributed by atoms with Gasteiger partial charge in [-0.1, -0.05) is 23.7 Å². The number of morpholine rings is 1. The van der Waals surface area contributed by atoms with Crippen LogP contribution in [-0.2, 0) is 32.2 Å². The molecular formula is C29H31ClN4O5. The van der Waals surface area contributed by atoms with Gasteiger partial charge in [0.2, 0.25) is 11.8 Å². The van der Waals surface area contributed by atoms with E-state index < -0.39 is 12.0 Å². The zero-order valence-corrected chi connectivity index (χ0v) is 22.8. The van der Waals surface area contributed by atoms with Crippen LogP contribution in [0.2, 0.25) is 5.02 Å². The molecule has 204 valence electrons. The molecule has 1 aromatic heterocycles. The van der Waals surface area contributed by atoms with E-state index in [2.05, 4.69) is 20.5 Å². The highest BCUT2D eigenvalue weighted by Crippen LogP contribution is 2.30. The highest BCUT2D eigenvalue weighted by Gasteiger charge is 2.29. The Bertz CT molecular complexity index is 1440. The van der Waals surface area contributed by atoms with Crippen molar-refractivity contribution in [2.24, 2.45) is 0 Å². The lowest BCUT2D eigenvalue weighted by molar-refractivity contribution is -0.134. The molecule has 5 rings (SSSR count). The van der Waals surface area contributed by atoms with Crippen molar-refractivity contribution in [1.29, 1.82) is 0 Å². The molecule has 39 heavy (non-hydrogen) atoms. The Morgan fingerprint density at radius 2 is 1.97 bits per heavy atom. The fourth-order valence-electron chi connectivity index (χ4n) is 5.03. The van der Waals surface area contributed by atoms with Gasteiger partial charge in [-0.3, -0.25) is 30.1 Å². The average Bonchev–Trinajstić information content (AvgIpc) is 2.91. The van der Waals surface area contributed by atoms with Crippen LogP contribution in [0.3, 0.4) is 0 Å². The van der Waals surface area contributed by atoms with E-state index in [1.807, 2.05) is 44.2 Å². The van der Waals surface area contributed by atoms with Crippen LogP contribution in [0.25, 0.3) is 10.9 Å². The minimum atomic E-state index is -0.579. The summed E-state index contributed by atoms with van der Waals surface area (Å²) in [4.78, 5) is 43.4. The average molecular weight is 551 g/mol. The second kappa shape index (κ2) is 11.7. The van der Waals surface area contributed by atoms with Gasteiger partial charge in [0.1, 0.15) is 6.61 Å².